The maximum Gasteiger partial charge on any atom is 0.119 e. The summed E-state index contributed by atoms with van der Waals surface area (Å²) in [5.41, 5.74) is 10.1. The van der Waals surface area contributed by atoms with Gasteiger partial charge in [0.2, 0.25) is 0 Å². The molecule has 1 aliphatic carbocycles. The van der Waals surface area contributed by atoms with E-state index in [4.69, 9.17) is 10.5 Å². The quantitative estimate of drug-likeness (QED) is 0.867. The number of fused-ring (bicyclic) bond motifs is 1. The zero-order valence-electron chi connectivity index (χ0n) is 14.1. The fourth-order valence-electron chi connectivity index (χ4n) is 3.34. The van der Waals surface area contributed by atoms with Crippen molar-refractivity contribution in [3.63, 3.8) is 0 Å². The summed E-state index contributed by atoms with van der Waals surface area (Å²) >= 11 is 0. The van der Waals surface area contributed by atoms with Crippen molar-refractivity contribution in [2.24, 2.45) is 5.73 Å². The molecule has 23 heavy (non-hydrogen) atoms. The highest BCUT2D eigenvalue weighted by Crippen LogP contribution is 2.38. The number of ether oxygens (including phenoxy) is 1. The Hall–Kier alpha value is -1.84. The molecule has 3 unspecified atom stereocenters. The lowest BCUT2D eigenvalue weighted by molar-refractivity contribution is 0.242. The van der Waals surface area contributed by atoms with Crippen LogP contribution in [0.25, 0.3) is 0 Å². The van der Waals surface area contributed by atoms with E-state index in [1.807, 2.05) is 26.0 Å². The van der Waals surface area contributed by atoms with Gasteiger partial charge in [-0.1, -0.05) is 36.4 Å². The van der Waals surface area contributed by atoms with Gasteiger partial charge >= 0.3 is 0 Å². The molecule has 0 fully saturated rings. The van der Waals surface area contributed by atoms with Crippen LogP contribution in [-0.4, -0.2) is 6.10 Å². The van der Waals surface area contributed by atoms with Crippen molar-refractivity contribution < 1.29 is 4.74 Å². The lowest BCUT2D eigenvalue weighted by Gasteiger charge is -2.21. The second kappa shape index (κ2) is 6.73. The first-order valence-electron chi connectivity index (χ1n) is 8.41. The maximum absolute atomic E-state index is 6.26. The van der Waals surface area contributed by atoms with Crippen LogP contribution in [0.5, 0.6) is 5.75 Å². The van der Waals surface area contributed by atoms with Gasteiger partial charge in [0.25, 0.3) is 0 Å². The van der Waals surface area contributed by atoms with Crippen molar-refractivity contribution in [3.8, 4) is 5.75 Å². The highest BCUT2D eigenvalue weighted by molar-refractivity contribution is 5.38. The standard InChI is InChI=1S/C20H26N2O/c1-13(2)23-16-10-8-15(9-11-16)14(3)22-20-12-19(21)17-6-4-5-7-18(17)20/h4-11,13-14,19-20,22H,12,21H2,1-3H3. The Morgan fingerprint density at radius 2 is 1.65 bits per heavy atom. The van der Waals surface area contributed by atoms with Gasteiger partial charge in [-0.25, -0.2) is 0 Å². The van der Waals surface area contributed by atoms with Gasteiger partial charge in [0, 0.05) is 18.1 Å². The fraction of sp³-hybridized carbons (Fsp3) is 0.400. The van der Waals surface area contributed by atoms with Crippen LogP contribution in [0.3, 0.4) is 0 Å². The third-order valence-electron chi connectivity index (χ3n) is 4.46. The summed E-state index contributed by atoms with van der Waals surface area (Å²) in [5, 5.41) is 3.72. The highest BCUT2D eigenvalue weighted by atomic mass is 16.5. The van der Waals surface area contributed by atoms with E-state index in [0.717, 1.165) is 12.2 Å². The molecule has 0 bridgehead atoms. The van der Waals surface area contributed by atoms with Gasteiger partial charge < -0.3 is 15.8 Å². The fourth-order valence-corrected chi connectivity index (χ4v) is 3.34. The molecule has 2 aromatic carbocycles. The molecule has 0 aromatic heterocycles. The average molecular weight is 310 g/mol. The highest BCUT2D eigenvalue weighted by Gasteiger charge is 2.29. The molecule has 3 nitrogen and oxygen atoms in total. The molecule has 0 aliphatic heterocycles. The Morgan fingerprint density at radius 3 is 2.30 bits per heavy atom. The molecule has 122 valence electrons. The van der Waals surface area contributed by atoms with Gasteiger partial charge in [-0.05, 0) is 56.0 Å². The molecule has 3 atom stereocenters. The Balaban J connectivity index is 1.69. The van der Waals surface area contributed by atoms with E-state index in [-0.39, 0.29) is 18.2 Å². The van der Waals surface area contributed by atoms with Crippen LogP contribution >= 0.6 is 0 Å². The Labute approximate surface area is 138 Å². The van der Waals surface area contributed by atoms with Crippen LogP contribution in [0.1, 0.15) is 62.0 Å². The van der Waals surface area contributed by atoms with Crippen LogP contribution in [0.2, 0.25) is 0 Å². The van der Waals surface area contributed by atoms with Crippen LogP contribution in [-0.2, 0) is 0 Å². The molecule has 3 heteroatoms. The summed E-state index contributed by atoms with van der Waals surface area (Å²) in [7, 11) is 0. The molecule has 0 amide bonds. The van der Waals surface area contributed by atoms with Gasteiger partial charge in [-0.3, -0.25) is 0 Å². The lowest BCUT2D eigenvalue weighted by Crippen LogP contribution is -2.23. The summed E-state index contributed by atoms with van der Waals surface area (Å²) in [6, 6.07) is 17.6. The normalized spacial score (nSPS) is 21.3. The molecule has 0 spiro atoms. The summed E-state index contributed by atoms with van der Waals surface area (Å²) in [6.45, 7) is 6.28. The first kappa shape index (κ1) is 16.0. The summed E-state index contributed by atoms with van der Waals surface area (Å²) in [6.07, 6.45) is 1.16. The molecule has 0 saturated carbocycles. The van der Waals surface area contributed by atoms with Crippen molar-refractivity contribution in [2.75, 3.05) is 0 Å². The monoisotopic (exact) mass is 310 g/mol. The van der Waals surface area contributed by atoms with E-state index in [1.54, 1.807) is 0 Å². The number of benzene rings is 2. The van der Waals surface area contributed by atoms with Gasteiger partial charge in [0.05, 0.1) is 6.10 Å². The van der Waals surface area contributed by atoms with E-state index in [2.05, 4.69) is 48.6 Å². The van der Waals surface area contributed by atoms with Crippen LogP contribution in [0, 0.1) is 0 Å². The minimum Gasteiger partial charge on any atom is -0.491 e. The third-order valence-corrected chi connectivity index (χ3v) is 4.46. The second-order valence-electron chi connectivity index (χ2n) is 6.65. The topological polar surface area (TPSA) is 47.3 Å². The van der Waals surface area contributed by atoms with Crippen LogP contribution in [0.15, 0.2) is 48.5 Å². The van der Waals surface area contributed by atoms with Crippen molar-refractivity contribution in [1.82, 2.24) is 5.32 Å². The van der Waals surface area contributed by atoms with E-state index < -0.39 is 0 Å². The predicted octanol–water partition coefficient (Wildman–Crippen LogP) is 4.27. The summed E-state index contributed by atoms with van der Waals surface area (Å²) < 4.78 is 5.71. The molecule has 0 heterocycles. The average Bonchev–Trinajstić information content (AvgIpc) is 2.84. The number of hydrogen-bond acceptors (Lipinski definition) is 3. The summed E-state index contributed by atoms with van der Waals surface area (Å²) in [5.74, 6) is 0.921. The number of rotatable bonds is 5. The molecule has 0 saturated heterocycles. The maximum atomic E-state index is 6.26. The van der Waals surface area contributed by atoms with E-state index >= 15 is 0 Å². The molecule has 1 aliphatic rings. The first-order valence-corrected chi connectivity index (χ1v) is 8.41. The van der Waals surface area contributed by atoms with E-state index in [0.29, 0.717) is 6.04 Å². The van der Waals surface area contributed by atoms with Crippen LogP contribution < -0.4 is 15.8 Å². The minimum absolute atomic E-state index is 0.137. The van der Waals surface area contributed by atoms with Gasteiger partial charge in [-0.15, -0.1) is 0 Å². The Kier molecular flexibility index (Phi) is 4.69. The van der Waals surface area contributed by atoms with E-state index in [9.17, 15) is 0 Å². The molecule has 0 radical (unpaired) electrons. The molecular formula is C20H26N2O. The van der Waals surface area contributed by atoms with Crippen molar-refractivity contribution in [2.45, 2.75) is 51.4 Å². The second-order valence-corrected chi connectivity index (χ2v) is 6.65. The Bertz CT molecular complexity index is 651. The lowest BCUT2D eigenvalue weighted by atomic mass is 10.0. The zero-order chi connectivity index (χ0) is 16.4. The van der Waals surface area contributed by atoms with Crippen molar-refractivity contribution in [1.29, 1.82) is 0 Å². The van der Waals surface area contributed by atoms with Crippen LogP contribution in [0.4, 0.5) is 0 Å². The van der Waals surface area contributed by atoms with E-state index in [1.165, 1.54) is 16.7 Å². The van der Waals surface area contributed by atoms with Crippen molar-refractivity contribution >= 4 is 0 Å². The number of hydrogen-bond donors (Lipinski definition) is 2. The van der Waals surface area contributed by atoms with Crippen molar-refractivity contribution in [3.05, 3.63) is 65.2 Å². The zero-order valence-corrected chi connectivity index (χ0v) is 14.1. The first-order chi connectivity index (χ1) is 11.0. The molecule has 3 N–H and O–H groups in total. The summed E-state index contributed by atoms with van der Waals surface area (Å²) in [4.78, 5) is 0. The predicted molar refractivity (Wildman–Crippen MR) is 94.5 cm³/mol. The van der Waals surface area contributed by atoms with Gasteiger partial charge in [0.1, 0.15) is 5.75 Å². The largest absolute Gasteiger partial charge is 0.491 e. The SMILES string of the molecule is CC(C)Oc1ccc(C(C)NC2CC(N)c3ccccc32)cc1. The minimum atomic E-state index is 0.137. The number of nitrogens with one attached hydrogen (secondary N) is 1. The number of nitrogens with two attached hydrogens (primary N) is 1. The van der Waals surface area contributed by atoms with Gasteiger partial charge in [0.15, 0.2) is 0 Å². The molecule has 3 rings (SSSR count). The molecule has 2 aromatic rings. The third kappa shape index (κ3) is 3.57. The smallest absolute Gasteiger partial charge is 0.119 e. The molecular weight excluding hydrogens is 284 g/mol. The van der Waals surface area contributed by atoms with Gasteiger partial charge in [-0.2, -0.15) is 0 Å². The Morgan fingerprint density at radius 1 is 1.00 bits per heavy atom.